The minimum atomic E-state index is -2.91. The summed E-state index contributed by atoms with van der Waals surface area (Å²) in [5.74, 6) is 1.66. The van der Waals surface area contributed by atoms with E-state index in [0.717, 1.165) is 65.9 Å². The fourth-order valence-corrected chi connectivity index (χ4v) is 16.1. The first-order valence-electron chi connectivity index (χ1n) is 23.8. The number of hydrogen-bond acceptors (Lipinski definition) is 3. The molecule has 0 aliphatic rings. The van der Waals surface area contributed by atoms with Crippen molar-refractivity contribution in [3.05, 3.63) is 255 Å². The van der Waals surface area contributed by atoms with Gasteiger partial charge in [-0.1, -0.05) is 218 Å². The lowest BCUT2D eigenvalue weighted by molar-refractivity contribution is 0.891. The summed E-state index contributed by atoms with van der Waals surface area (Å²) in [4.78, 5) is 16.8. The molecule has 0 saturated heterocycles. The zero-order chi connectivity index (χ0) is 46.2. The Morgan fingerprint density at radius 2 is 0.629 bits per heavy atom. The molecule has 4 aromatic heterocycles. The van der Waals surface area contributed by atoms with E-state index in [1.807, 2.05) is 0 Å². The maximum atomic E-state index is 5.64. The summed E-state index contributed by atoms with van der Waals surface area (Å²) in [5, 5.41) is 12.0. The Kier molecular flexibility index (Phi) is 9.12. The molecule has 328 valence electrons. The van der Waals surface area contributed by atoms with Crippen LogP contribution in [-0.4, -0.2) is 36.7 Å². The second-order valence-electron chi connectivity index (χ2n) is 18.0. The summed E-state index contributed by atoms with van der Waals surface area (Å²) in [6, 6.07) is 91.9. The van der Waals surface area contributed by atoms with Crippen molar-refractivity contribution in [2.45, 2.75) is 0 Å². The van der Waals surface area contributed by atoms with Crippen LogP contribution in [0.1, 0.15) is 0 Å². The molecular formula is C63H42N6Si. The van der Waals surface area contributed by atoms with Gasteiger partial charge in [0.2, 0.25) is 11.9 Å². The van der Waals surface area contributed by atoms with Gasteiger partial charge in [-0.2, -0.15) is 15.0 Å². The summed E-state index contributed by atoms with van der Waals surface area (Å²) in [7, 11) is -2.91. The number of aromatic nitrogens is 6. The number of rotatable bonds is 8. The van der Waals surface area contributed by atoms with Crippen LogP contribution in [0.3, 0.4) is 0 Å². The molecule has 7 heteroatoms. The molecule has 10 aromatic carbocycles. The van der Waals surface area contributed by atoms with Crippen molar-refractivity contribution in [1.29, 1.82) is 0 Å². The van der Waals surface area contributed by atoms with Crippen molar-refractivity contribution >= 4 is 94.2 Å². The van der Waals surface area contributed by atoms with E-state index in [9.17, 15) is 0 Å². The SMILES string of the molecule is c1ccc([Si](c2ccccc2)(c2ccccc2)c2cccc(-c3nc(-n4c5ccccc5c5ccccc54)nc(-n4c5ccccc5c5cccc(-n6c7ccccc7c7ccccc76)c54)n3)c2)cc1. The van der Waals surface area contributed by atoms with Crippen LogP contribution >= 0.6 is 0 Å². The van der Waals surface area contributed by atoms with E-state index in [-0.39, 0.29) is 0 Å². The van der Waals surface area contributed by atoms with Gasteiger partial charge in [0.25, 0.3) is 0 Å². The number of fused-ring (bicyclic) bond motifs is 9. The third-order valence-corrected chi connectivity index (χ3v) is 19.0. The minimum Gasteiger partial charge on any atom is -0.307 e. The molecule has 14 aromatic rings. The predicted octanol–water partition coefficient (Wildman–Crippen LogP) is 12.2. The molecule has 4 heterocycles. The van der Waals surface area contributed by atoms with Gasteiger partial charge in [-0.25, -0.2) is 0 Å². The second-order valence-corrected chi connectivity index (χ2v) is 21.8. The molecule has 0 saturated carbocycles. The van der Waals surface area contributed by atoms with Crippen LogP contribution in [0.4, 0.5) is 0 Å². The van der Waals surface area contributed by atoms with Gasteiger partial charge in [-0.15, -0.1) is 0 Å². The van der Waals surface area contributed by atoms with E-state index in [2.05, 4.69) is 268 Å². The van der Waals surface area contributed by atoms with Crippen molar-refractivity contribution in [2.24, 2.45) is 0 Å². The third kappa shape index (κ3) is 5.95. The molecule has 14 rings (SSSR count). The predicted molar refractivity (Wildman–Crippen MR) is 292 cm³/mol. The van der Waals surface area contributed by atoms with E-state index in [0.29, 0.717) is 17.7 Å². The summed E-state index contributed by atoms with van der Waals surface area (Å²) >= 11 is 0. The van der Waals surface area contributed by atoms with E-state index in [1.54, 1.807) is 0 Å². The highest BCUT2D eigenvalue weighted by Crippen LogP contribution is 2.40. The first-order valence-corrected chi connectivity index (χ1v) is 25.8. The maximum absolute atomic E-state index is 5.64. The highest BCUT2D eigenvalue weighted by molar-refractivity contribution is 7.19. The molecule has 0 unspecified atom stereocenters. The molecule has 0 N–H and O–H groups in total. The van der Waals surface area contributed by atoms with Gasteiger partial charge >= 0.3 is 0 Å². The second kappa shape index (κ2) is 16.0. The van der Waals surface area contributed by atoms with Crippen molar-refractivity contribution in [3.63, 3.8) is 0 Å². The fraction of sp³-hybridized carbons (Fsp3) is 0. The summed E-state index contributed by atoms with van der Waals surface area (Å²) in [6.07, 6.45) is 0. The van der Waals surface area contributed by atoms with Crippen LogP contribution in [0.25, 0.3) is 94.4 Å². The average Bonchev–Trinajstić information content (AvgIpc) is 4.08. The van der Waals surface area contributed by atoms with Gasteiger partial charge in [0.1, 0.15) is 0 Å². The van der Waals surface area contributed by atoms with Crippen molar-refractivity contribution in [3.8, 4) is 29.0 Å². The molecule has 0 fully saturated rings. The molecular weight excluding hydrogens is 869 g/mol. The minimum absolute atomic E-state index is 0.532. The molecule has 0 spiro atoms. The first-order chi connectivity index (χ1) is 34.8. The van der Waals surface area contributed by atoms with E-state index < -0.39 is 8.07 Å². The zero-order valence-corrected chi connectivity index (χ0v) is 38.9. The fourth-order valence-electron chi connectivity index (χ4n) is 11.3. The van der Waals surface area contributed by atoms with Crippen LogP contribution in [0, 0.1) is 0 Å². The van der Waals surface area contributed by atoms with Crippen LogP contribution in [-0.2, 0) is 0 Å². The van der Waals surface area contributed by atoms with Crippen molar-refractivity contribution in [2.75, 3.05) is 0 Å². The van der Waals surface area contributed by atoms with Gasteiger partial charge in [0, 0.05) is 37.9 Å². The van der Waals surface area contributed by atoms with Crippen LogP contribution in [0.2, 0.25) is 0 Å². The summed E-state index contributed by atoms with van der Waals surface area (Å²) < 4.78 is 6.89. The molecule has 70 heavy (non-hydrogen) atoms. The van der Waals surface area contributed by atoms with Gasteiger partial charge < -0.3 is 4.57 Å². The molecule has 0 bridgehead atoms. The number of para-hydroxylation sites is 6. The van der Waals surface area contributed by atoms with Gasteiger partial charge in [0.05, 0.1) is 38.8 Å². The van der Waals surface area contributed by atoms with Gasteiger partial charge in [-0.3, -0.25) is 9.13 Å². The molecule has 6 nitrogen and oxygen atoms in total. The molecule has 0 radical (unpaired) electrons. The topological polar surface area (TPSA) is 53.5 Å². The molecule has 0 aliphatic heterocycles. The maximum Gasteiger partial charge on any atom is 0.240 e. The van der Waals surface area contributed by atoms with Crippen LogP contribution in [0.5, 0.6) is 0 Å². The monoisotopic (exact) mass is 910 g/mol. The quantitative estimate of drug-likeness (QED) is 0.113. The lowest BCUT2D eigenvalue weighted by atomic mass is 10.1. The lowest BCUT2D eigenvalue weighted by Crippen LogP contribution is -2.74. The van der Waals surface area contributed by atoms with Gasteiger partial charge in [0.15, 0.2) is 13.9 Å². The summed E-state index contributed by atoms with van der Waals surface area (Å²) in [5.41, 5.74) is 8.29. The summed E-state index contributed by atoms with van der Waals surface area (Å²) in [6.45, 7) is 0. The Hall–Kier alpha value is -9.17. The Morgan fingerprint density at radius 1 is 0.271 bits per heavy atom. The molecule has 0 atom stereocenters. The largest absolute Gasteiger partial charge is 0.307 e. The van der Waals surface area contributed by atoms with Crippen LogP contribution < -0.4 is 20.7 Å². The highest BCUT2D eigenvalue weighted by Gasteiger charge is 2.41. The standard InChI is InChI=1S/C63H42N6Si/c1-4-23-44(24-5-1)70(45-25-6-2-7-26-45,46-27-8-3-9-28-46)47-29-20-22-43(42-47)61-64-62(68-56-38-17-12-32-50(56)51-33-13-18-39-57(51)68)66-63(65-61)69-58-40-19-14-34-52(58)53-35-21-41-59(60(53)69)67-54-36-15-10-30-48(54)49-31-11-16-37-55(49)67/h1-42H. The molecule has 0 amide bonds. The first kappa shape index (κ1) is 39.9. The lowest BCUT2D eigenvalue weighted by Gasteiger charge is -2.34. The molecule has 0 aliphatic carbocycles. The van der Waals surface area contributed by atoms with Crippen molar-refractivity contribution < 1.29 is 0 Å². The average molecular weight is 911 g/mol. The normalized spacial score (nSPS) is 12.0. The van der Waals surface area contributed by atoms with Crippen molar-refractivity contribution in [1.82, 2.24) is 28.7 Å². The Balaban J connectivity index is 1.10. The van der Waals surface area contributed by atoms with E-state index in [1.165, 1.54) is 31.5 Å². The smallest absolute Gasteiger partial charge is 0.240 e. The van der Waals surface area contributed by atoms with E-state index >= 15 is 0 Å². The Bertz CT molecular complexity index is 4100. The van der Waals surface area contributed by atoms with E-state index in [4.69, 9.17) is 15.0 Å². The Morgan fingerprint density at radius 3 is 1.11 bits per heavy atom. The Labute approximate surface area is 404 Å². The third-order valence-electron chi connectivity index (χ3n) is 14.3. The highest BCUT2D eigenvalue weighted by atomic mass is 28.3. The zero-order valence-electron chi connectivity index (χ0n) is 37.9. The number of benzene rings is 10. The number of hydrogen-bond donors (Lipinski definition) is 0. The van der Waals surface area contributed by atoms with Gasteiger partial charge in [-0.05, 0) is 57.1 Å². The van der Waals surface area contributed by atoms with Crippen LogP contribution in [0.15, 0.2) is 255 Å². The number of nitrogens with zero attached hydrogens (tertiary/aromatic N) is 6.